The predicted octanol–water partition coefficient (Wildman–Crippen LogP) is 0.400. The molecule has 0 bridgehead atoms. The minimum absolute atomic E-state index is 0.140. The monoisotopic (exact) mass is 262 g/mol. The van der Waals surface area contributed by atoms with Gasteiger partial charge in [0.05, 0.1) is 12.1 Å². The standard InChI is InChI=1S/C14H18N2O3/c1-2-14(19)9-16(10-14)8-12(17)15-13(18)11-6-4-3-5-7-11/h3-7,19H,2,8-10H2,1H3,(H,15,17,18). The first-order chi connectivity index (χ1) is 9.02. The van der Waals surface area contributed by atoms with Crippen molar-refractivity contribution in [1.29, 1.82) is 0 Å². The number of amides is 2. The molecule has 5 heteroatoms. The molecule has 1 saturated heterocycles. The Labute approximate surface area is 112 Å². The number of imide groups is 1. The summed E-state index contributed by atoms with van der Waals surface area (Å²) >= 11 is 0. The second-order valence-electron chi connectivity index (χ2n) is 4.97. The van der Waals surface area contributed by atoms with Crippen molar-refractivity contribution in [2.45, 2.75) is 18.9 Å². The third kappa shape index (κ3) is 3.39. The normalized spacial score (nSPS) is 17.6. The molecular weight excluding hydrogens is 244 g/mol. The molecule has 0 unspecified atom stereocenters. The number of aliphatic hydroxyl groups is 1. The lowest BCUT2D eigenvalue weighted by Gasteiger charge is -2.45. The molecule has 0 radical (unpaired) electrons. The van der Waals surface area contributed by atoms with Crippen LogP contribution >= 0.6 is 0 Å². The highest BCUT2D eigenvalue weighted by Crippen LogP contribution is 2.23. The summed E-state index contributed by atoms with van der Waals surface area (Å²) in [5.41, 5.74) is -0.200. The van der Waals surface area contributed by atoms with Gasteiger partial charge in [-0.2, -0.15) is 0 Å². The molecule has 1 aromatic rings. The van der Waals surface area contributed by atoms with Crippen LogP contribution in [0.25, 0.3) is 0 Å². The Morgan fingerprint density at radius 2 is 1.95 bits per heavy atom. The number of rotatable bonds is 4. The maximum atomic E-state index is 11.7. The van der Waals surface area contributed by atoms with Gasteiger partial charge in [0.25, 0.3) is 5.91 Å². The molecule has 102 valence electrons. The van der Waals surface area contributed by atoms with Gasteiger partial charge in [-0.05, 0) is 18.6 Å². The lowest BCUT2D eigenvalue weighted by Crippen LogP contribution is -2.63. The van der Waals surface area contributed by atoms with Gasteiger partial charge >= 0.3 is 0 Å². The predicted molar refractivity (Wildman–Crippen MR) is 70.6 cm³/mol. The smallest absolute Gasteiger partial charge is 0.257 e. The van der Waals surface area contributed by atoms with Crippen LogP contribution in [-0.4, -0.2) is 47.1 Å². The van der Waals surface area contributed by atoms with Gasteiger partial charge in [-0.3, -0.25) is 19.8 Å². The Balaban J connectivity index is 1.78. The first kappa shape index (κ1) is 13.7. The van der Waals surface area contributed by atoms with Crippen LogP contribution in [0.15, 0.2) is 30.3 Å². The number of nitrogens with zero attached hydrogens (tertiary/aromatic N) is 1. The second-order valence-corrected chi connectivity index (χ2v) is 4.97. The summed E-state index contributed by atoms with van der Waals surface area (Å²) in [6, 6.07) is 8.61. The third-order valence-corrected chi connectivity index (χ3v) is 3.35. The number of carbonyl (C=O) groups is 2. The number of β-amino-alcohol motifs (C(OH)–C–C–N with tert-alkyl or cyclic N) is 1. The van der Waals surface area contributed by atoms with E-state index in [-0.39, 0.29) is 12.5 Å². The van der Waals surface area contributed by atoms with Crippen molar-refractivity contribution < 1.29 is 14.7 Å². The molecule has 0 aromatic heterocycles. The van der Waals surface area contributed by atoms with Gasteiger partial charge in [0.2, 0.25) is 5.91 Å². The number of likely N-dealkylation sites (tertiary alicyclic amines) is 1. The molecule has 2 rings (SSSR count). The highest BCUT2D eigenvalue weighted by Gasteiger charge is 2.39. The van der Waals surface area contributed by atoms with E-state index in [1.165, 1.54) is 0 Å². The zero-order valence-electron chi connectivity index (χ0n) is 10.9. The van der Waals surface area contributed by atoms with Crippen molar-refractivity contribution in [2.75, 3.05) is 19.6 Å². The summed E-state index contributed by atoms with van der Waals surface area (Å²) in [7, 11) is 0. The fourth-order valence-corrected chi connectivity index (χ4v) is 2.15. The van der Waals surface area contributed by atoms with Gasteiger partial charge in [0, 0.05) is 18.7 Å². The van der Waals surface area contributed by atoms with Crippen LogP contribution in [0, 0.1) is 0 Å². The van der Waals surface area contributed by atoms with E-state index in [0.29, 0.717) is 25.1 Å². The highest BCUT2D eigenvalue weighted by molar-refractivity contribution is 6.05. The van der Waals surface area contributed by atoms with Crippen LogP contribution in [0.3, 0.4) is 0 Å². The summed E-state index contributed by atoms with van der Waals surface area (Å²) in [4.78, 5) is 25.2. The first-order valence-corrected chi connectivity index (χ1v) is 6.36. The minimum atomic E-state index is -0.663. The molecule has 1 aliphatic heterocycles. The number of benzene rings is 1. The summed E-state index contributed by atoms with van der Waals surface area (Å²) < 4.78 is 0. The summed E-state index contributed by atoms with van der Waals surface area (Å²) in [6.07, 6.45) is 0.675. The summed E-state index contributed by atoms with van der Waals surface area (Å²) in [5.74, 6) is -0.733. The van der Waals surface area contributed by atoms with Crippen LogP contribution in [0.1, 0.15) is 23.7 Å². The number of hydrogen-bond acceptors (Lipinski definition) is 4. The zero-order chi connectivity index (χ0) is 13.9. The molecule has 0 saturated carbocycles. The molecule has 1 aliphatic rings. The minimum Gasteiger partial charge on any atom is -0.387 e. The van der Waals surface area contributed by atoms with Gasteiger partial charge in [0.15, 0.2) is 0 Å². The van der Waals surface area contributed by atoms with E-state index in [9.17, 15) is 14.7 Å². The fraction of sp³-hybridized carbons (Fsp3) is 0.429. The molecule has 0 aliphatic carbocycles. The molecular formula is C14H18N2O3. The van der Waals surface area contributed by atoms with Gasteiger partial charge in [0.1, 0.15) is 0 Å². The van der Waals surface area contributed by atoms with Crippen molar-refractivity contribution in [3.8, 4) is 0 Å². The summed E-state index contributed by atoms with van der Waals surface area (Å²) in [6.45, 7) is 3.02. The maximum absolute atomic E-state index is 11.7. The maximum Gasteiger partial charge on any atom is 0.257 e. The van der Waals surface area contributed by atoms with Gasteiger partial charge < -0.3 is 5.11 Å². The average molecular weight is 262 g/mol. The van der Waals surface area contributed by atoms with Crippen LogP contribution < -0.4 is 5.32 Å². The van der Waals surface area contributed by atoms with Crippen molar-refractivity contribution in [2.24, 2.45) is 0 Å². The van der Waals surface area contributed by atoms with E-state index in [2.05, 4.69) is 5.32 Å². The summed E-state index contributed by atoms with van der Waals surface area (Å²) in [5, 5.41) is 12.2. The van der Waals surface area contributed by atoms with Crippen molar-refractivity contribution >= 4 is 11.8 Å². The van der Waals surface area contributed by atoms with Crippen LogP contribution in [0.5, 0.6) is 0 Å². The van der Waals surface area contributed by atoms with Gasteiger partial charge in [-0.25, -0.2) is 0 Å². The molecule has 5 nitrogen and oxygen atoms in total. The molecule has 2 N–H and O–H groups in total. The molecule has 19 heavy (non-hydrogen) atoms. The second kappa shape index (κ2) is 5.50. The van der Waals surface area contributed by atoms with Crippen LogP contribution in [-0.2, 0) is 4.79 Å². The van der Waals surface area contributed by atoms with Crippen LogP contribution in [0.4, 0.5) is 0 Å². The van der Waals surface area contributed by atoms with Crippen molar-refractivity contribution in [3.63, 3.8) is 0 Å². The largest absolute Gasteiger partial charge is 0.387 e. The van der Waals surface area contributed by atoms with Crippen LogP contribution in [0.2, 0.25) is 0 Å². The Bertz CT molecular complexity index is 467. The quantitative estimate of drug-likeness (QED) is 0.824. The van der Waals surface area contributed by atoms with Crippen molar-refractivity contribution in [1.82, 2.24) is 10.2 Å². The van der Waals surface area contributed by atoms with E-state index in [0.717, 1.165) is 0 Å². The zero-order valence-corrected chi connectivity index (χ0v) is 10.9. The molecule has 2 amide bonds. The first-order valence-electron chi connectivity index (χ1n) is 6.36. The Kier molecular flexibility index (Phi) is 3.97. The topological polar surface area (TPSA) is 69.6 Å². The van der Waals surface area contributed by atoms with E-state index in [1.54, 1.807) is 24.3 Å². The number of carbonyl (C=O) groups excluding carboxylic acids is 2. The Morgan fingerprint density at radius 3 is 2.53 bits per heavy atom. The SMILES string of the molecule is CCC1(O)CN(CC(=O)NC(=O)c2ccccc2)C1. The molecule has 1 aromatic carbocycles. The Morgan fingerprint density at radius 1 is 1.32 bits per heavy atom. The van der Waals surface area contributed by atoms with E-state index >= 15 is 0 Å². The van der Waals surface area contributed by atoms with Gasteiger partial charge in [-0.1, -0.05) is 25.1 Å². The van der Waals surface area contributed by atoms with E-state index < -0.39 is 11.5 Å². The molecule has 0 spiro atoms. The average Bonchev–Trinajstić information content (AvgIpc) is 2.37. The lowest BCUT2D eigenvalue weighted by molar-refractivity contribution is -0.132. The number of nitrogens with one attached hydrogen (secondary N) is 1. The lowest BCUT2D eigenvalue weighted by atomic mass is 9.91. The highest BCUT2D eigenvalue weighted by atomic mass is 16.3. The van der Waals surface area contributed by atoms with Gasteiger partial charge in [-0.15, -0.1) is 0 Å². The molecule has 0 atom stereocenters. The van der Waals surface area contributed by atoms with Crippen molar-refractivity contribution in [3.05, 3.63) is 35.9 Å². The molecule has 1 fully saturated rings. The third-order valence-electron chi connectivity index (χ3n) is 3.35. The molecule has 1 heterocycles. The van der Waals surface area contributed by atoms with E-state index in [1.807, 2.05) is 17.9 Å². The number of hydrogen-bond donors (Lipinski definition) is 2. The fourth-order valence-electron chi connectivity index (χ4n) is 2.15. The Hall–Kier alpha value is -1.72. The van der Waals surface area contributed by atoms with E-state index in [4.69, 9.17) is 0 Å².